The SMILES string of the molecule is CCC(C(=O)OC(C)(C)C)n1cc(OC)c(-c2cc(Cl)ccc2-c2nnc(C(F)(F)F)s2)cc1=O. The molecule has 2 heterocycles. The van der Waals surface area contributed by atoms with Crippen molar-refractivity contribution in [1.29, 1.82) is 0 Å². The summed E-state index contributed by atoms with van der Waals surface area (Å²) < 4.78 is 51.4. The largest absolute Gasteiger partial charge is 0.495 e. The zero-order chi connectivity index (χ0) is 26.1. The summed E-state index contributed by atoms with van der Waals surface area (Å²) in [5, 5.41) is 6.11. The number of pyridine rings is 1. The molecule has 0 aliphatic heterocycles. The quantitative estimate of drug-likeness (QED) is 0.364. The van der Waals surface area contributed by atoms with Gasteiger partial charge in [-0.15, -0.1) is 10.2 Å². The average molecular weight is 530 g/mol. The number of hydrogen-bond donors (Lipinski definition) is 0. The zero-order valence-electron chi connectivity index (χ0n) is 19.6. The van der Waals surface area contributed by atoms with Gasteiger partial charge in [0.2, 0.25) is 5.01 Å². The van der Waals surface area contributed by atoms with Crippen LogP contribution in [0.5, 0.6) is 5.75 Å². The van der Waals surface area contributed by atoms with Crippen LogP contribution in [0.4, 0.5) is 13.2 Å². The summed E-state index contributed by atoms with van der Waals surface area (Å²) in [6.45, 7) is 6.91. The number of benzene rings is 1. The fourth-order valence-electron chi connectivity index (χ4n) is 3.36. The molecule has 0 bridgehead atoms. The van der Waals surface area contributed by atoms with Crippen molar-refractivity contribution in [3.63, 3.8) is 0 Å². The molecule has 1 aromatic carbocycles. The van der Waals surface area contributed by atoms with Gasteiger partial charge in [0.05, 0.1) is 13.3 Å². The van der Waals surface area contributed by atoms with Gasteiger partial charge in [0.1, 0.15) is 22.4 Å². The number of carbonyl (C=O) groups excluding carboxylic acids is 1. The Kier molecular flexibility index (Phi) is 7.61. The summed E-state index contributed by atoms with van der Waals surface area (Å²) in [6, 6.07) is 4.84. The van der Waals surface area contributed by atoms with Crippen molar-refractivity contribution in [1.82, 2.24) is 14.8 Å². The molecule has 2 aromatic heterocycles. The Bertz CT molecular complexity index is 1300. The van der Waals surface area contributed by atoms with Crippen LogP contribution in [-0.2, 0) is 15.7 Å². The van der Waals surface area contributed by atoms with Crippen LogP contribution in [0.15, 0.2) is 35.3 Å². The predicted octanol–water partition coefficient (Wildman–Crippen LogP) is 6.01. The van der Waals surface area contributed by atoms with Gasteiger partial charge in [0.15, 0.2) is 0 Å². The lowest BCUT2D eigenvalue weighted by atomic mass is 9.99. The molecular weight excluding hydrogens is 507 g/mol. The second kappa shape index (κ2) is 9.98. The van der Waals surface area contributed by atoms with Crippen molar-refractivity contribution >= 4 is 28.9 Å². The molecule has 0 saturated carbocycles. The highest BCUT2D eigenvalue weighted by Crippen LogP contribution is 2.41. The molecule has 0 aliphatic rings. The van der Waals surface area contributed by atoms with Crippen LogP contribution in [-0.4, -0.2) is 33.4 Å². The topological polar surface area (TPSA) is 83.3 Å². The molecule has 0 spiro atoms. The van der Waals surface area contributed by atoms with Gasteiger partial charge in [-0.2, -0.15) is 13.2 Å². The number of nitrogens with zero attached hydrogens (tertiary/aromatic N) is 3. The second-order valence-electron chi connectivity index (χ2n) is 8.56. The smallest absolute Gasteiger partial charge is 0.445 e. The van der Waals surface area contributed by atoms with Gasteiger partial charge in [0.25, 0.3) is 5.56 Å². The minimum atomic E-state index is -4.64. The number of aromatic nitrogens is 3. The molecule has 0 saturated heterocycles. The molecule has 0 fully saturated rings. The Morgan fingerprint density at radius 3 is 2.37 bits per heavy atom. The van der Waals surface area contributed by atoms with Crippen LogP contribution in [0.25, 0.3) is 21.7 Å². The first-order valence-electron chi connectivity index (χ1n) is 10.5. The van der Waals surface area contributed by atoms with E-state index in [1.54, 1.807) is 27.7 Å². The third kappa shape index (κ3) is 6.02. The number of alkyl halides is 3. The Morgan fingerprint density at radius 1 is 1.14 bits per heavy atom. The third-order valence-electron chi connectivity index (χ3n) is 4.84. The van der Waals surface area contributed by atoms with Crippen LogP contribution in [0.3, 0.4) is 0 Å². The molecule has 12 heteroatoms. The lowest BCUT2D eigenvalue weighted by Gasteiger charge is -2.25. The maximum atomic E-state index is 13.1. The maximum absolute atomic E-state index is 13.1. The van der Waals surface area contributed by atoms with Gasteiger partial charge >= 0.3 is 12.1 Å². The molecule has 3 aromatic rings. The van der Waals surface area contributed by atoms with Crippen LogP contribution in [0, 0.1) is 0 Å². The number of esters is 1. The van der Waals surface area contributed by atoms with E-state index in [4.69, 9.17) is 21.1 Å². The molecule has 0 amide bonds. The van der Waals surface area contributed by atoms with E-state index in [1.807, 2.05) is 0 Å². The molecule has 0 N–H and O–H groups in total. The normalized spacial score (nSPS) is 12.9. The van der Waals surface area contributed by atoms with Crippen molar-refractivity contribution in [3.05, 3.63) is 50.8 Å². The summed E-state index contributed by atoms with van der Waals surface area (Å²) in [4.78, 5) is 25.8. The van der Waals surface area contributed by atoms with Gasteiger partial charge in [-0.3, -0.25) is 9.36 Å². The van der Waals surface area contributed by atoms with Gasteiger partial charge in [-0.1, -0.05) is 29.9 Å². The molecule has 188 valence electrons. The van der Waals surface area contributed by atoms with E-state index >= 15 is 0 Å². The second-order valence-corrected chi connectivity index (χ2v) is 9.97. The van der Waals surface area contributed by atoms with Gasteiger partial charge in [0, 0.05) is 22.2 Å². The molecular formula is C23H23ClF3N3O4S. The fourth-order valence-corrected chi connectivity index (χ4v) is 4.29. The van der Waals surface area contributed by atoms with Crippen LogP contribution in [0.1, 0.15) is 45.2 Å². The van der Waals surface area contributed by atoms with Crippen molar-refractivity contribution in [3.8, 4) is 27.4 Å². The summed E-state index contributed by atoms with van der Waals surface area (Å²) in [5.74, 6) is -0.371. The van der Waals surface area contributed by atoms with Crippen molar-refractivity contribution in [2.75, 3.05) is 7.11 Å². The molecule has 3 rings (SSSR count). The van der Waals surface area contributed by atoms with E-state index in [-0.39, 0.29) is 33.3 Å². The van der Waals surface area contributed by atoms with E-state index in [0.29, 0.717) is 16.9 Å². The Balaban J connectivity index is 2.16. The Hall–Kier alpha value is -2.92. The van der Waals surface area contributed by atoms with Crippen LogP contribution >= 0.6 is 22.9 Å². The summed E-state index contributed by atoms with van der Waals surface area (Å²) in [6.07, 6.45) is -2.98. The minimum Gasteiger partial charge on any atom is -0.495 e. The van der Waals surface area contributed by atoms with Crippen molar-refractivity contribution in [2.45, 2.75) is 51.9 Å². The van der Waals surface area contributed by atoms with Crippen molar-refractivity contribution in [2.24, 2.45) is 0 Å². The summed E-state index contributed by atoms with van der Waals surface area (Å²) in [7, 11) is 1.37. The van der Waals surface area contributed by atoms with Gasteiger partial charge < -0.3 is 9.47 Å². The number of rotatable bonds is 6. The van der Waals surface area contributed by atoms with Gasteiger partial charge in [-0.05, 0) is 51.0 Å². The lowest BCUT2D eigenvalue weighted by Crippen LogP contribution is -2.34. The van der Waals surface area contributed by atoms with Crippen LogP contribution in [0.2, 0.25) is 5.02 Å². The molecule has 35 heavy (non-hydrogen) atoms. The first kappa shape index (κ1) is 26.7. The highest BCUT2D eigenvalue weighted by molar-refractivity contribution is 7.14. The summed E-state index contributed by atoms with van der Waals surface area (Å²) in [5.41, 5.74) is -0.386. The molecule has 1 unspecified atom stereocenters. The van der Waals surface area contributed by atoms with E-state index in [2.05, 4.69) is 10.2 Å². The van der Waals surface area contributed by atoms with Crippen molar-refractivity contribution < 1.29 is 27.4 Å². The standard InChI is InChI=1S/C23H23ClF3N3O4S/c1-6-16(20(32)34-22(2,3)4)30-11-17(33-5)15(10-18(30)31)14-9-12(24)7-8-13(14)19-28-29-21(35-19)23(25,26)27/h7-11,16H,6H2,1-5H3. The van der Waals surface area contributed by atoms with E-state index in [9.17, 15) is 22.8 Å². The first-order chi connectivity index (χ1) is 16.2. The molecule has 0 radical (unpaired) electrons. The van der Waals surface area contributed by atoms with E-state index in [0.717, 1.165) is 0 Å². The number of halogens is 4. The predicted molar refractivity (Wildman–Crippen MR) is 127 cm³/mol. The lowest BCUT2D eigenvalue weighted by molar-refractivity contribution is -0.159. The molecule has 1 atom stereocenters. The maximum Gasteiger partial charge on any atom is 0.445 e. The fraction of sp³-hybridized carbons (Fsp3) is 0.391. The minimum absolute atomic E-state index is 0.00425. The molecule has 0 aliphatic carbocycles. The average Bonchev–Trinajstić information content (AvgIpc) is 3.24. The monoisotopic (exact) mass is 529 g/mol. The molecule has 7 nitrogen and oxygen atoms in total. The van der Waals surface area contributed by atoms with Crippen LogP contribution < -0.4 is 10.3 Å². The van der Waals surface area contributed by atoms with E-state index < -0.39 is 34.4 Å². The Morgan fingerprint density at radius 2 is 1.83 bits per heavy atom. The van der Waals surface area contributed by atoms with E-state index in [1.165, 1.54) is 42.1 Å². The number of carbonyl (C=O) groups is 1. The number of hydrogen-bond acceptors (Lipinski definition) is 7. The highest BCUT2D eigenvalue weighted by atomic mass is 35.5. The highest BCUT2D eigenvalue weighted by Gasteiger charge is 2.36. The summed E-state index contributed by atoms with van der Waals surface area (Å²) >= 11 is 6.55. The zero-order valence-corrected chi connectivity index (χ0v) is 21.1. The number of ether oxygens (including phenoxy) is 2. The third-order valence-corrected chi connectivity index (χ3v) is 6.07. The number of methoxy groups -OCH3 is 1. The first-order valence-corrected chi connectivity index (χ1v) is 11.7. The Labute approximate surface area is 208 Å². The van der Waals surface area contributed by atoms with Gasteiger partial charge in [-0.25, -0.2) is 4.79 Å².